The van der Waals surface area contributed by atoms with Crippen LogP contribution in [0.2, 0.25) is 0 Å². The largest absolute Gasteiger partial charge is 0.399 e. The smallest absolute Gasteiger partial charge is 0.242 e. The number of halogens is 2. The van der Waals surface area contributed by atoms with E-state index in [0.29, 0.717) is 21.2 Å². The third-order valence-electron chi connectivity index (χ3n) is 3.54. The summed E-state index contributed by atoms with van der Waals surface area (Å²) >= 11 is 6.51. The highest BCUT2D eigenvalue weighted by Crippen LogP contribution is 2.40. The molecule has 0 aliphatic heterocycles. The molecule has 2 rings (SSSR count). The number of anilines is 1. The lowest BCUT2D eigenvalue weighted by Gasteiger charge is -2.38. The summed E-state index contributed by atoms with van der Waals surface area (Å²) in [5.41, 5.74) is 6.27. The van der Waals surface area contributed by atoms with E-state index in [0.717, 1.165) is 12.8 Å². The van der Waals surface area contributed by atoms with Crippen LogP contribution in [0.3, 0.4) is 0 Å². The van der Waals surface area contributed by atoms with Gasteiger partial charge in [0.2, 0.25) is 10.0 Å². The Kier molecular flexibility index (Phi) is 4.30. The molecule has 1 saturated carbocycles. The lowest BCUT2D eigenvalue weighted by molar-refractivity contribution is 0.166. The van der Waals surface area contributed by atoms with Gasteiger partial charge < -0.3 is 5.73 Å². The van der Waals surface area contributed by atoms with E-state index in [9.17, 15) is 8.42 Å². The van der Waals surface area contributed by atoms with Gasteiger partial charge in [-0.15, -0.1) is 0 Å². The Bertz CT molecular complexity index is 575. The first kappa shape index (κ1) is 15.3. The summed E-state index contributed by atoms with van der Waals surface area (Å²) in [6.07, 6.45) is 3.31. The van der Waals surface area contributed by atoms with Crippen molar-refractivity contribution in [3.63, 3.8) is 0 Å². The Morgan fingerprint density at radius 3 is 2.26 bits per heavy atom. The predicted molar refractivity (Wildman–Crippen MR) is 83.4 cm³/mol. The van der Waals surface area contributed by atoms with Crippen molar-refractivity contribution in [3.05, 3.63) is 21.1 Å². The van der Waals surface area contributed by atoms with Crippen molar-refractivity contribution in [1.82, 2.24) is 4.72 Å². The molecule has 0 spiro atoms. The molecular formula is C12H16Br2N2O2S. The van der Waals surface area contributed by atoms with E-state index in [2.05, 4.69) is 43.5 Å². The summed E-state index contributed by atoms with van der Waals surface area (Å²) < 4.78 is 28.3. The van der Waals surface area contributed by atoms with E-state index in [-0.39, 0.29) is 10.3 Å². The molecule has 19 heavy (non-hydrogen) atoms. The molecule has 3 N–H and O–H groups in total. The molecule has 4 nitrogen and oxygen atoms in total. The van der Waals surface area contributed by atoms with Crippen LogP contribution < -0.4 is 10.5 Å². The predicted octanol–water partition coefficient (Wildman–Crippen LogP) is 3.26. The van der Waals surface area contributed by atoms with Gasteiger partial charge in [-0.2, -0.15) is 0 Å². The first-order valence-corrected chi connectivity index (χ1v) is 9.05. The van der Waals surface area contributed by atoms with Gasteiger partial charge in [0.25, 0.3) is 0 Å². The molecule has 1 fully saturated rings. The van der Waals surface area contributed by atoms with E-state index in [4.69, 9.17) is 5.73 Å². The molecule has 0 bridgehead atoms. The Morgan fingerprint density at radius 2 is 1.84 bits per heavy atom. The van der Waals surface area contributed by atoms with Crippen LogP contribution in [-0.2, 0) is 10.0 Å². The maximum atomic E-state index is 12.4. The van der Waals surface area contributed by atoms with Crippen LogP contribution in [0.4, 0.5) is 5.69 Å². The first-order valence-electron chi connectivity index (χ1n) is 5.98. The molecule has 1 aliphatic carbocycles. The monoisotopic (exact) mass is 410 g/mol. The molecule has 0 unspecified atom stereocenters. The van der Waals surface area contributed by atoms with E-state index in [1.807, 2.05) is 0 Å². The fraction of sp³-hybridized carbons (Fsp3) is 0.500. The lowest BCUT2D eigenvalue weighted by Crippen LogP contribution is -2.40. The first-order chi connectivity index (χ1) is 8.73. The summed E-state index contributed by atoms with van der Waals surface area (Å²) in [4.78, 5) is 0.199. The Labute approximate surface area is 130 Å². The maximum absolute atomic E-state index is 12.4. The molecule has 7 heteroatoms. The number of hydrogen-bond acceptors (Lipinski definition) is 3. The van der Waals surface area contributed by atoms with Crippen molar-refractivity contribution < 1.29 is 8.42 Å². The molecule has 0 aromatic heterocycles. The molecule has 106 valence electrons. The minimum Gasteiger partial charge on any atom is -0.399 e. The van der Waals surface area contributed by atoms with Crippen molar-refractivity contribution in [2.24, 2.45) is 5.41 Å². The van der Waals surface area contributed by atoms with Gasteiger partial charge in [-0.1, -0.05) is 13.3 Å². The summed E-state index contributed by atoms with van der Waals surface area (Å²) in [6, 6.07) is 3.18. The van der Waals surface area contributed by atoms with Crippen molar-refractivity contribution in [1.29, 1.82) is 0 Å². The number of benzene rings is 1. The van der Waals surface area contributed by atoms with Gasteiger partial charge in [0.05, 0.1) is 0 Å². The Morgan fingerprint density at radius 1 is 1.32 bits per heavy atom. The van der Waals surface area contributed by atoms with Gasteiger partial charge in [-0.05, 0) is 62.2 Å². The average molecular weight is 412 g/mol. The zero-order valence-corrected chi connectivity index (χ0v) is 14.5. The van der Waals surface area contributed by atoms with Crippen molar-refractivity contribution in [2.45, 2.75) is 31.1 Å². The van der Waals surface area contributed by atoms with Crippen LogP contribution in [-0.4, -0.2) is 15.0 Å². The molecule has 1 aromatic rings. The molecule has 0 radical (unpaired) electrons. The van der Waals surface area contributed by atoms with Crippen LogP contribution in [0, 0.1) is 5.41 Å². The van der Waals surface area contributed by atoms with Crippen LogP contribution in [0.25, 0.3) is 0 Å². The van der Waals surface area contributed by atoms with Gasteiger partial charge in [0.15, 0.2) is 0 Å². The fourth-order valence-corrected chi connectivity index (χ4v) is 5.95. The van der Waals surface area contributed by atoms with Gasteiger partial charge in [0, 0.05) is 21.2 Å². The van der Waals surface area contributed by atoms with Crippen molar-refractivity contribution in [2.75, 3.05) is 12.3 Å². The van der Waals surface area contributed by atoms with Gasteiger partial charge in [-0.25, -0.2) is 13.1 Å². The second-order valence-corrected chi connectivity index (χ2v) is 8.71. The third-order valence-corrected chi connectivity index (χ3v) is 6.82. The lowest BCUT2D eigenvalue weighted by atomic mass is 9.71. The van der Waals surface area contributed by atoms with Gasteiger partial charge in [0.1, 0.15) is 4.90 Å². The average Bonchev–Trinajstić information content (AvgIpc) is 2.22. The molecule has 1 aliphatic rings. The number of hydrogen-bond donors (Lipinski definition) is 2. The SMILES string of the molecule is CC1(CNS(=O)(=O)c2c(Br)cc(N)cc2Br)CCC1. The van der Waals surface area contributed by atoms with E-state index in [1.54, 1.807) is 12.1 Å². The minimum atomic E-state index is -3.55. The maximum Gasteiger partial charge on any atom is 0.242 e. The molecule has 0 saturated heterocycles. The second kappa shape index (κ2) is 5.35. The summed E-state index contributed by atoms with van der Waals surface area (Å²) in [5.74, 6) is 0. The van der Waals surface area contributed by atoms with Crippen LogP contribution in [0.1, 0.15) is 26.2 Å². The van der Waals surface area contributed by atoms with Crippen LogP contribution in [0.5, 0.6) is 0 Å². The highest BCUT2D eigenvalue weighted by atomic mass is 79.9. The molecular weight excluding hydrogens is 396 g/mol. The molecule has 0 atom stereocenters. The summed E-state index contributed by atoms with van der Waals surface area (Å²) in [5, 5.41) is 0. The fourth-order valence-electron chi connectivity index (χ4n) is 2.13. The van der Waals surface area contributed by atoms with E-state index < -0.39 is 10.0 Å². The topological polar surface area (TPSA) is 72.2 Å². The third kappa shape index (κ3) is 3.32. The highest BCUT2D eigenvalue weighted by Gasteiger charge is 2.33. The zero-order valence-electron chi connectivity index (χ0n) is 10.5. The molecule has 1 aromatic carbocycles. The normalized spacial score (nSPS) is 18.1. The number of nitrogen functional groups attached to an aromatic ring is 1. The molecule has 0 amide bonds. The van der Waals surface area contributed by atoms with Crippen LogP contribution in [0.15, 0.2) is 26.0 Å². The Balaban J connectivity index is 2.24. The van der Waals surface area contributed by atoms with Crippen LogP contribution >= 0.6 is 31.9 Å². The summed E-state index contributed by atoms with van der Waals surface area (Å²) in [6.45, 7) is 2.57. The number of rotatable bonds is 4. The van der Waals surface area contributed by atoms with E-state index in [1.165, 1.54) is 6.42 Å². The van der Waals surface area contributed by atoms with Gasteiger partial charge >= 0.3 is 0 Å². The second-order valence-electron chi connectivity index (χ2n) is 5.30. The minimum absolute atomic E-state index is 0.0971. The quantitative estimate of drug-likeness (QED) is 0.746. The molecule has 0 heterocycles. The number of nitrogens with one attached hydrogen (secondary N) is 1. The standard InChI is InChI=1S/C12H16Br2N2O2S/c1-12(3-2-4-12)7-16-19(17,18)11-9(13)5-8(15)6-10(11)14/h5-6,16H,2-4,7,15H2,1H3. The number of sulfonamides is 1. The van der Waals surface area contributed by atoms with Crippen molar-refractivity contribution >= 4 is 47.6 Å². The van der Waals surface area contributed by atoms with E-state index >= 15 is 0 Å². The highest BCUT2D eigenvalue weighted by molar-refractivity contribution is 9.11. The van der Waals surface area contributed by atoms with Gasteiger partial charge in [-0.3, -0.25) is 0 Å². The zero-order chi connectivity index (χ0) is 14.3. The Hall–Kier alpha value is -0.110. The van der Waals surface area contributed by atoms with Crippen molar-refractivity contribution in [3.8, 4) is 0 Å². The number of nitrogens with two attached hydrogens (primary N) is 1. The summed E-state index contributed by atoms with van der Waals surface area (Å²) in [7, 11) is -3.55.